The minimum Gasteiger partial charge on any atom is -0.493 e. The molecule has 0 bridgehead atoms. The molecule has 0 aliphatic heterocycles. The van der Waals surface area contributed by atoms with E-state index in [1.54, 1.807) is 0 Å². The van der Waals surface area contributed by atoms with Gasteiger partial charge in [-0.05, 0) is 43.7 Å². The van der Waals surface area contributed by atoms with E-state index in [2.05, 4.69) is 50.4 Å². The fraction of sp³-hybridized carbons (Fsp3) is 0.647. The lowest BCUT2D eigenvalue weighted by Gasteiger charge is -2.27. The van der Waals surface area contributed by atoms with E-state index in [-0.39, 0.29) is 5.41 Å². The zero-order chi connectivity index (χ0) is 13.7. The number of ether oxygens (including phenoxy) is 1. The quantitative estimate of drug-likeness (QED) is 0.838. The molecule has 0 spiro atoms. The zero-order valence-electron chi connectivity index (χ0n) is 12.5. The van der Waals surface area contributed by atoms with Gasteiger partial charge in [-0.1, -0.05) is 39.0 Å². The second-order valence-electron chi connectivity index (χ2n) is 5.90. The summed E-state index contributed by atoms with van der Waals surface area (Å²) in [6.07, 6.45) is 4.79. The van der Waals surface area contributed by atoms with Gasteiger partial charge in [0.2, 0.25) is 0 Å². The Labute approximate surface area is 117 Å². The molecule has 0 heterocycles. The molecule has 1 saturated carbocycles. The molecule has 0 amide bonds. The number of hydrogen-bond donors (Lipinski definition) is 1. The zero-order valence-corrected chi connectivity index (χ0v) is 12.5. The van der Waals surface area contributed by atoms with Crippen LogP contribution in [0.2, 0.25) is 0 Å². The van der Waals surface area contributed by atoms with Crippen LogP contribution in [0.4, 0.5) is 0 Å². The fourth-order valence-electron chi connectivity index (χ4n) is 3.25. The van der Waals surface area contributed by atoms with Crippen LogP contribution in [0.1, 0.15) is 52.0 Å². The largest absolute Gasteiger partial charge is 0.493 e. The normalized spacial score (nSPS) is 26.6. The lowest BCUT2D eigenvalue weighted by Crippen LogP contribution is -2.28. The average Bonchev–Trinajstić information content (AvgIpc) is 2.80. The van der Waals surface area contributed by atoms with Crippen LogP contribution < -0.4 is 10.1 Å². The van der Waals surface area contributed by atoms with Crippen molar-refractivity contribution in [2.75, 3.05) is 13.2 Å². The molecule has 1 N–H and O–H groups in total. The Morgan fingerprint density at radius 3 is 2.84 bits per heavy atom. The first-order valence-electron chi connectivity index (χ1n) is 7.65. The summed E-state index contributed by atoms with van der Waals surface area (Å²) in [6.45, 7) is 8.60. The van der Waals surface area contributed by atoms with E-state index in [9.17, 15) is 0 Å². The predicted octanol–water partition coefficient (Wildman–Crippen LogP) is 3.90. The first-order valence-corrected chi connectivity index (χ1v) is 7.65. The smallest absolute Gasteiger partial charge is 0.123 e. The SMILES string of the molecule is CCCOc1ccccc1C1(C)CCC(NCC)C1. The molecule has 2 unspecified atom stereocenters. The highest BCUT2D eigenvalue weighted by Crippen LogP contribution is 2.44. The molecular formula is C17H27NO. The molecule has 106 valence electrons. The van der Waals surface area contributed by atoms with Gasteiger partial charge in [0.05, 0.1) is 6.61 Å². The van der Waals surface area contributed by atoms with Crippen molar-refractivity contribution >= 4 is 0 Å². The number of para-hydroxylation sites is 1. The van der Waals surface area contributed by atoms with E-state index in [4.69, 9.17) is 4.74 Å². The molecule has 1 aromatic rings. The van der Waals surface area contributed by atoms with Crippen molar-refractivity contribution in [1.82, 2.24) is 5.32 Å². The van der Waals surface area contributed by atoms with Crippen LogP contribution in [0, 0.1) is 0 Å². The highest BCUT2D eigenvalue weighted by molar-refractivity contribution is 5.40. The third-order valence-corrected chi connectivity index (χ3v) is 4.23. The first kappa shape index (κ1) is 14.4. The fourth-order valence-corrected chi connectivity index (χ4v) is 3.25. The maximum Gasteiger partial charge on any atom is 0.123 e. The summed E-state index contributed by atoms with van der Waals surface area (Å²) in [5.41, 5.74) is 1.65. The van der Waals surface area contributed by atoms with Gasteiger partial charge in [-0.2, -0.15) is 0 Å². The summed E-state index contributed by atoms with van der Waals surface area (Å²) in [6, 6.07) is 9.25. The number of benzene rings is 1. The van der Waals surface area contributed by atoms with Gasteiger partial charge in [-0.15, -0.1) is 0 Å². The molecule has 2 nitrogen and oxygen atoms in total. The highest BCUT2D eigenvalue weighted by Gasteiger charge is 2.37. The minimum absolute atomic E-state index is 0.261. The van der Waals surface area contributed by atoms with E-state index in [0.29, 0.717) is 6.04 Å². The molecule has 0 saturated heterocycles. The second kappa shape index (κ2) is 6.42. The van der Waals surface area contributed by atoms with Gasteiger partial charge in [0.1, 0.15) is 5.75 Å². The molecule has 1 aliphatic rings. The number of nitrogens with one attached hydrogen (secondary N) is 1. The first-order chi connectivity index (χ1) is 9.19. The van der Waals surface area contributed by atoms with Crippen molar-refractivity contribution in [1.29, 1.82) is 0 Å². The Hall–Kier alpha value is -1.02. The Kier molecular flexibility index (Phi) is 4.87. The summed E-state index contributed by atoms with van der Waals surface area (Å²) >= 11 is 0. The molecule has 2 atom stereocenters. The van der Waals surface area contributed by atoms with Crippen LogP contribution in [0.5, 0.6) is 5.75 Å². The third kappa shape index (κ3) is 3.30. The molecule has 0 aromatic heterocycles. The molecular weight excluding hydrogens is 234 g/mol. The van der Waals surface area contributed by atoms with Gasteiger partial charge in [0, 0.05) is 11.6 Å². The lowest BCUT2D eigenvalue weighted by molar-refractivity contribution is 0.304. The van der Waals surface area contributed by atoms with Gasteiger partial charge in [0.15, 0.2) is 0 Å². The molecule has 1 aliphatic carbocycles. The van der Waals surface area contributed by atoms with Gasteiger partial charge in [0.25, 0.3) is 0 Å². The standard InChI is InChI=1S/C17H27NO/c1-4-12-19-16-9-7-6-8-15(16)17(3)11-10-14(13-17)18-5-2/h6-9,14,18H,4-5,10-13H2,1-3H3. The van der Waals surface area contributed by atoms with Crippen molar-refractivity contribution in [3.63, 3.8) is 0 Å². The van der Waals surface area contributed by atoms with Crippen molar-refractivity contribution < 1.29 is 4.74 Å². The maximum absolute atomic E-state index is 5.94. The Morgan fingerprint density at radius 1 is 1.32 bits per heavy atom. The van der Waals surface area contributed by atoms with E-state index in [1.165, 1.54) is 24.8 Å². The summed E-state index contributed by atoms with van der Waals surface area (Å²) in [5, 5.41) is 3.59. The molecule has 2 rings (SSSR count). The summed E-state index contributed by atoms with van der Waals surface area (Å²) < 4.78 is 5.94. The highest BCUT2D eigenvalue weighted by atomic mass is 16.5. The topological polar surface area (TPSA) is 21.3 Å². The summed E-state index contributed by atoms with van der Waals surface area (Å²) in [5.74, 6) is 1.09. The van der Waals surface area contributed by atoms with E-state index >= 15 is 0 Å². The second-order valence-corrected chi connectivity index (χ2v) is 5.90. The predicted molar refractivity (Wildman–Crippen MR) is 80.9 cm³/mol. The van der Waals surface area contributed by atoms with Gasteiger partial charge in [-0.25, -0.2) is 0 Å². The maximum atomic E-state index is 5.94. The van der Waals surface area contributed by atoms with Gasteiger partial charge >= 0.3 is 0 Å². The molecule has 0 radical (unpaired) electrons. The van der Waals surface area contributed by atoms with E-state index in [0.717, 1.165) is 25.3 Å². The Morgan fingerprint density at radius 2 is 2.11 bits per heavy atom. The number of rotatable bonds is 6. The van der Waals surface area contributed by atoms with E-state index in [1.807, 2.05) is 0 Å². The van der Waals surface area contributed by atoms with Crippen LogP contribution in [0.15, 0.2) is 24.3 Å². The van der Waals surface area contributed by atoms with Crippen LogP contribution >= 0.6 is 0 Å². The van der Waals surface area contributed by atoms with Gasteiger partial charge in [-0.3, -0.25) is 0 Å². The summed E-state index contributed by atoms with van der Waals surface area (Å²) in [4.78, 5) is 0. The van der Waals surface area contributed by atoms with Crippen LogP contribution in [0.3, 0.4) is 0 Å². The Balaban J connectivity index is 2.16. The Bertz CT molecular complexity index is 404. The average molecular weight is 261 g/mol. The van der Waals surface area contributed by atoms with Crippen molar-refractivity contribution in [2.24, 2.45) is 0 Å². The van der Waals surface area contributed by atoms with Gasteiger partial charge < -0.3 is 10.1 Å². The van der Waals surface area contributed by atoms with Crippen LogP contribution in [-0.2, 0) is 5.41 Å². The monoisotopic (exact) mass is 261 g/mol. The van der Waals surface area contributed by atoms with Crippen LogP contribution in [0.25, 0.3) is 0 Å². The number of hydrogen-bond acceptors (Lipinski definition) is 2. The van der Waals surface area contributed by atoms with Crippen molar-refractivity contribution in [3.8, 4) is 5.75 Å². The van der Waals surface area contributed by atoms with Crippen molar-refractivity contribution in [2.45, 2.75) is 57.9 Å². The lowest BCUT2D eigenvalue weighted by atomic mass is 9.80. The molecule has 1 aromatic carbocycles. The third-order valence-electron chi connectivity index (χ3n) is 4.23. The molecule has 2 heteroatoms. The minimum atomic E-state index is 0.261. The molecule has 19 heavy (non-hydrogen) atoms. The van der Waals surface area contributed by atoms with Crippen molar-refractivity contribution in [3.05, 3.63) is 29.8 Å². The van der Waals surface area contributed by atoms with E-state index < -0.39 is 0 Å². The van der Waals surface area contributed by atoms with Crippen LogP contribution in [-0.4, -0.2) is 19.2 Å². The summed E-state index contributed by atoms with van der Waals surface area (Å²) in [7, 11) is 0. The molecule has 1 fully saturated rings.